The lowest BCUT2D eigenvalue weighted by atomic mass is 10.3. The normalized spacial score (nSPS) is 11.0. The van der Waals surface area contributed by atoms with Crippen molar-refractivity contribution >= 4 is 45.9 Å². The Morgan fingerprint density at radius 1 is 1.08 bits per heavy atom. The van der Waals surface area contributed by atoms with E-state index in [1.807, 2.05) is 39.9 Å². The van der Waals surface area contributed by atoms with Crippen molar-refractivity contribution in [3.05, 3.63) is 73.8 Å². The quantitative estimate of drug-likeness (QED) is 0.594. The number of carbonyl (C=O) groups is 1. The Balaban J connectivity index is 1.66. The monoisotopic (exact) mass is 394 g/mol. The first kappa shape index (κ1) is 18.1. The number of thiophene rings is 2. The van der Waals surface area contributed by atoms with E-state index in [9.17, 15) is 9.18 Å². The van der Waals surface area contributed by atoms with Crippen LogP contribution in [0.25, 0.3) is 0 Å². The third kappa shape index (κ3) is 5.37. The maximum absolute atomic E-state index is 13.8. The van der Waals surface area contributed by atoms with Gasteiger partial charge in [0.2, 0.25) is 5.91 Å². The van der Waals surface area contributed by atoms with Crippen molar-refractivity contribution in [2.75, 3.05) is 11.9 Å². The molecular formula is C18H16ClFN2OS2. The van der Waals surface area contributed by atoms with Gasteiger partial charge in [0.05, 0.1) is 12.2 Å². The van der Waals surface area contributed by atoms with Crippen LogP contribution >= 0.6 is 34.3 Å². The molecule has 0 unspecified atom stereocenters. The number of hydrogen-bond donors (Lipinski definition) is 1. The van der Waals surface area contributed by atoms with Crippen LogP contribution in [0.5, 0.6) is 0 Å². The van der Waals surface area contributed by atoms with Crippen LogP contribution in [0, 0.1) is 5.82 Å². The Hall–Kier alpha value is -1.73. The highest BCUT2D eigenvalue weighted by atomic mass is 35.5. The molecule has 7 heteroatoms. The molecule has 0 saturated heterocycles. The van der Waals surface area contributed by atoms with Crippen molar-refractivity contribution in [1.82, 2.24) is 4.90 Å². The Bertz CT molecular complexity index is 785. The third-order valence-electron chi connectivity index (χ3n) is 3.49. The minimum atomic E-state index is -0.538. The average Bonchev–Trinajstić information content (AvgIpc) is 3.24. The van der Waals surface area contributed by atoms with Gasteiger partial charge < -0.3 is 5.32 Å². The zero-order chi connectivity index (χ0) is 17.6. The van der Waals surface area contributed by atoms with Crippen LogP contribution in [-0.4, -0.2) is 17.4 Å². The van der Waals surface area contributed by atoms with Gasteiger partial charge >= 0.3 is 0 Å². The first-order chi connectivity index (χ1) is 12.1. The molecule has 2 heterocycles. The van der Waals surface area contributed by atoms with Gasteiger partial charge in [-0.2, -0.15) is 0 Å². The van der Waals surface area contributed by atoms with Gasteiger partial charge in [0.25, 0.3) is 0 Å². The first-order valence-corrected chi connectivity index (χ1v) is 9.76. The fourth-order valence-corrected chi connectivity index (χ4v) is 4.05. The zero-order valence-electron chi connectivity index (χ0n) is 13.2. The first-order valence-electron chi connectivity index (χ1n) is 7.62. The van der Waals surface area contributed by atoms with Gasteiger partial charge in [-0.25, -0.2) is 4.39 Å². The summed E-state index contributed by atoms with van der Waals surface area (Å²) in [5.74, 6) is -0.793. The molecule has 0 radical (unpaired) electrons. The smallest absolute Gasteiger partial charge is 0.238 e. The van der Waals surface area contributed by atoms with E-state index in [0.29, 0.717) is 18.1 Å². The number of nitrogens with zero attached hydrogens (tertiary/aromatic N) is 1. The molecule has 1 N–H and O–H groups in total. The second-order valence-electron chi connectivity index (χ2n) is 5.48. The maximum atomic E-state index is 13.8. The number of amides is 1. The van der Waals surface area contributed by atoms with Crippen LogP contribution in [0.4, 0.5) is 10.1 Å². The SMILES string of the molecule is O=C(CN(Cc1cccs1)Cc1cccs1)Nc1ccc(Cl)cc1F. The number of hydrogen-bond acceptors (Lipinski definition) is 4. The summed E-state index contributed by atoms with van der Waals surface area (Å²) in [5, 5.41) is 6.95. The topological polar surface area (TPSA) is 32.3 Å². The van der Waals surface area contributed by atoms with E-state index in [2.05, 4.69) is 5.32 Å². The summed E-state index contributed by atoms with van der Waals surface area (Å²) in [7, 11) is 0. The molecule has 0 aliphatic rings. The highest BCUT2D eigenvalue weighted by Gasteiger charge is 2.15. The second kappa shape index (κ2) is 8.58. The minimum Gasteiger partial charge on any atom is -0.322 e. The van der Waals surface area contributed by atoms with Gasteiger partial charge in [0.1, 0.15) is 5.82 Å². The summed E-state index contributed by atoms with van der Waals surface area (Å²) in [4.78, 5) is 16.8. The molecule has 0 fully saturated rings. The van der Waals surface area contributed by atoms with Crippen LogP contribution < -0.4 is 5.32 Å². The number of halogens is 2. The van der Waals surface area contributed by atoms with Crippen molar-refractivity contribution in [2.45, 2.75) is 13.1 Å². The lowest BCUT2D eigenvalue weighted by Gasteiger charge is -2.20. The van der Waals surface area contributed by atoms with Crippen molar-refractivity contribution in [3.8, 4) is 0 Å². The van der Waals surface area contributed by atoms with Gasteiger partial charge in [0.15, 0.2) is 0 Å². The molecule has 1 aromatic carbocycles. The molecule has 3 rings (SSSR count). The molecular weight excluding hydrogens is 379 g/mol. The van der Waals surface area contributed by atoms with Crippen LogP contribution in [0.2, 0.25) is 5.02 Å². The second-order valence-corrected chi connectivity index (χ2v) is 7.98. The summed E-state index contributed by atoms with van der Waals surface area (Å²) < 4.78 is 13.8. The standard InChI is InChI=1S/C18H16ClFN2OS2/c19-13-5-6-17(16(20)9-13)21-18(23)12-22(10-14-3-1-7-24-14)11-15-4-2-8-25-15/h1-9H,10-12H2,(H,21,23). The van der Waals surface area contributed by atoms with Gasteiger partial charge in [-0.3, -0.25) is 9.69 Å². The summed E-state index contributed by atoms with van der Waals surface area (Å²) in [6.45, 7) is 1.52. The minimum absolute atomic E-state index is 0.140. The average molecular weight is 395 g/mol. The molecule has 2 aromatic heterocycles. The summed E-state index contributed by atoms with van der Waals surface area (Å²) in [6.07, 6.45) is 0. The summed E-state index contributed by atoms with van der Waals surface area (Å²) >= 11 is 9.05. The molecule has 0 atom stereocenters. The van der Waals surface area contributed by atoms with Crippen molar-refractivity contribution in [3.63, 3.8) is 0 Å². The number of benzene rings is 1. The van der Waals surface area contributed by atoms with E-state index >= 15 is 0 Å². The Morgan fingerprint density at radius 3 is 2.24 bits per heavy atom. The molecule has 0 spiro atoms. The summed E-state index contributed by atoms with van der Waals surface area (Å²) in [5.41, 5.74) is 0.140. The molecule has 3 nitrogen and oxygen atoms in total. The van der Waals surface area contributed by atoms with Crippen molar-refractivity contribution < 1.29 is 9.18 Å². The summed E-state index contributed by atoms with van der Waals surface area (Å²) in [6, 6.07) is 12.3. The fraction of sp³-hybridized carbons (Fsp3) is 0.167. The predicted molar refractivity (Wildman–Crippen MR) is 103 cm³/mol. The third-order valence-corrected chi connectivity index (χ3v) is 5.45. The zero-order valence-corrected chi connectivity index (χ0v) is 15.6. The number of carbonyl (C=O) groups excluding carboxylic acids is 1. The molecule has 25 heavy (non-hydrogen) atoms. The van der Waals surface area contributed by atoms with E-state index in [-0.39, 0.29) is 18.1 Å². The highest BCUT2D eigenvalue weighted by molar-refractivity contribution is 7.10. The lowest BCUT2D eigenvalue weighted by molar-refractivity contribution is -0.117. The molecule has 130 valence electrons. The molecule has 3 aromatic rings. The van der Waals surface area contributed by atoms with Crippen molar-refractivity contribution in [2.24, 2.45) is 0 Å². The number of rotatable bonds is 7. The Morgan fingerprint density at radius 2 is 1.72 bits per heavy atom. The molecule has 0 aliphatic carbocycles. The van der Waals surface area contributed by atoms with Gasteiger partial charge in [0, 0.05) is 27.9 Å². The lowest BCUT2D eigenvalue weighted by Crippen LogP contribution is -2.32. The maximum Gasteiger partial charge on any atom is 0.238 e. The van der Waals surface area contributed by atoms with E-state index in [4.69, 9.17) is 11.6 Å². The van der Waals surface area contributed by atoms with Crippen molar-refractivity contribution in [1.29, 1.82) is 0 Å². The van der Waals surface area contributed by atoms with Crippen LogP contribution in [-0.2, 0) is 17.9 Å². The molecule has 0 bridgehead atoms. The van der Waals surface area contributed by atoms with Gasteiger partial charge in [-0.1, -0.05) is 23.7 Å². The van der Waals surface area contributed by atoms with Crippen LogP contribution in [0.15, 0.2) is 53.2 Å². The van der Waals surface area contributed by atoms with Gasteiger partial charge in [-0.05, 0) is 41.1 Å². The van der Waals surface area contributed by atoms with E-state index in [1.165, 1.54) is 21.9 Å². The predicted octanol–water partition coefficient (Wildman–Crippen LogP) is 5.24. The van der Waals surface area contributed by atoms with E-state index in [1.54, 1.807) is 28.7 Å². The highest BCUT2D eigenvalue weighted by Crippen LogP contribution is 2.20. The van der Waals surface area contributed by atoms with Crippen LogP contribution in [0.3, 0.4) is 0 Å². The van der Waals surface area contributed by atoms with E-state index < -0.39 is 5.82 Å². The van der Waals surface area contributed by atoms with Gasteiger partial charge in [-0.15, -0.1) is 22.7 Å². The number of nitrogens with one attached hydrogen (secondary N) is 1. The van der Waals surface area contributed by atoms with Crippen LogP contribution in [0.1, 0.15) is 9.75 Å². The Kier molecular flexibility index (Phi) is 6.20. The molecule has 0 aliphatic heterocycles. The molecule has 1 amide bonds. The number of anilines is 1. The fourth-order valence-electron chi connectivity index (χ4n) is 2.40. The molecule has 0 saturated carbocycles. The Labute approximate surface area is 158 Å². The largest absolute Gasteiger partial charge is 0.322 e. The van der Waals surface area contributed by atoms with E-state index in [0.717, 1.165) is 0 Å².